The van der Waals surface area contributed by atoms with Crippen LogP contribution in [0.25, 0.3) is 0 Å². The number of ether oxygens (including phenoxy) is 1. The van der Waals surface area contributed by atoms with Gasteiger partial charge in [-0.3, -0.25) is 4.90 Å². The van der Waals surface area contributed by atoms with E-state index in [4.69, 9.17) is 9.26 Å². The summed E-state index contributed by atoms with van der Waals surface area (Å²) in [7, 11) is 0. The number of aromatic nitrogens is 2. The molecule has 4 rings (SSSR count). The number of hydrogen-bond acceptors (Lipinski definition) is 5. The zero-order chi connectivity index (χ0) is 18.5. The van der Waals surface area contributed by atoms with E-state index in [9.17, 15) is 4.39 Å². The minimum Gasteiger partial charge on any atom is -0.485 e. The summed E-state index contributed by atoms with van der Waals surface area (Å²) in [5.74, 6) is 2.01. The monoisotopic (exact) mass is 367 g/mol. The van der Waals surface area contributed by atoms with E-state index in [2.05, 4.69) is 45.4 Å². The Bertz CT molecular complexity index is 843. The molecule has 0 amide bonds. The van der Waals surface area contributed by atoms with Crippen molar-refractivity contribution in [2.45, 2.75) is 31.9 Å². The number of benzene rings is 2. The first-order chi connectivity index (χ1) is 13.3. The van der Waals surface area contributed by atoms with E-state index in [0.29, 0.717) is 29.9 Å². The number of rotatable bonds is 6. The van der Waals surface area contributed by atoms with E-state index >= 15 is 0 Å². The topological polar surface area (TPSA) is 51.4 Å². The first-order valence-electron chi connectivity index (χ1n) is 9.23. The maximum absolute atomic E-state index is 12.9. The minimum atomic E-state index is -0.291. The highest BCUT2D eigenvalue weighted by atomic mass is 19.1. The van der Waals surface area contributed by atoms with Crippen LogP contribution in [0.2, 0.25) is 0 Å². The van der Waals surface area contributed by atoms with Crippen molar-refractivity contribution in [3.05, 3.63) is 77.7 Å². The van der Waals surface area contributed by atoms with Crippen LogP contribution in [0.4, 0.5) is 4.39 Å². The van der Waals surface area contributed by atoms with Crippen molar-refractivity contribution in [2.24, 2.45) is 0 Å². The Morgan fingerprint density at radius 1 is 1.04 bits per heavy atom. The van der Waals surface area contributed by atoms with Gasteiger partial charge >= 0.3 is 0 Å². The molecule has 1 saturated heterocycles. The van der Waals surface area contributed by atoms with Gasteiger partial charge in [0.1, 0.15) is 11.6 Å². The van der Waals surface area contributed by atoms with Gasteiger partial charge in [0.25, 0.3) is 0 Å². The SMILES string of the molecule is Fc1ccc(OCc2noc(CN3CCC(c4ccccc4)CC3)n2)cc1. The van der Waals surface area contributed by atoms with Gasteiger partial charge in [-0.25, -0.2) is 4.39 Å². The second kappa shape index (κ2) is 8.31. The molecule has 5 nitrogen and oxygen atoms in total. The summed E-state index contributed by atoms with van der Waals surface area (Å²) in [6, 6.07) is 16.6. The van der Waals surface area contributed by atoms with Crippen molar-refractivity contribution in [3.63, 3.8) is 0 Å². The molecule has 0 aliphatic carbocycles. The summed E-state index contributed by atoms with van der Waals surface area (Å²) in [6.07, 6.45) is 2.28. The Hall–Kier alpha value is -2.73. The summed E-state index contributed by atoms with van der Waals surface area (Å²) in [6.45, 7) is 2.89. The van der Waals surface area contributed by atoms with Gasteiger partial charge in [0, 0.05) is 0 Å². The lowest BCUT2D eigenvalue weighted by atomic mass is 9.89. The highest BCUT2D eigenvalue weighted by Gasteiger charge is 2.22. The average Bonchev–Trinajstić information content (AvgIpc) is 3.16. The molecule has 0 N–H and O–H groups in total. The number of likely N-dealkylation sites (tertiary alicyclic amines) is 1. The Morgan fingerprint density at radius 3 is 2.52 bits per heavy atom. The van der Waals surface area contributed by atoms with Gasteiger partial charge in [0.05, 0.1) is 6.54 Å². The standard InChI is InChI=1S/C21H22FN3O2/c22-18-6-8-19(9-7-18)26-15-20-23-21(27-24-20)14-25-12-10-17(11-13-25)16-4-2-1-3-5-16/h1-9,17H,10-15H2. The van der Waals surface area contributed by atoms with Crippen LogP contribution < -0.4 is 4.74 Å². The van der Waals surface area contributed by atoms with Gasteiger partial charge in [-0.1, -0.05) is 35.5 Å². The van der Waals surface area contributed by atoms with Crippen molar-refractivity contribution in [2.75, 3.05) is 13.1 Å². The summed E-state index contributed by atoms with van der Waals surface area (Å²) in [5, 5.41) is 3.96. The van der Waals surface area contributed by atoms with E-state index in [1.54, 1.807) is 12.1 Å². The number of hydrogen-bond donors (Lipinski definition) is 0. The van der Waals surface area contributed by atoms with Gasteiger partial charge in [0.15, 0.2) is 6.61 Å². The second-order valence-electron chi connectivity index (χ2n) is 6.81. The highest BCUT2D eigenvalue weighted by molar-refractivity contribution is 5.22. The molecule has 2 aromatic carbocycles. The maximum Gasteiger partial charge on any atom is 0.240 e. The van der Waals surface area contributed by atoms with Crippen molar-refractivity contribution < 1.29 is 13.7 Å². The lowest BCUT2D eigenvalue weighted by Gasteiger charge is -2.31. The molecule has 0 saturated carbocycles. The number of piperidine rings is 1. The largest absolute Gasteiger partial charge is 0.485 e. The van der Waals surface area contributed by atoms with Crippen LogP contribution in [0, 0.1) is 5.82 Å². The Labute approximate surface area is 157 Å². The van der Waals surface area contributed by atoms with Crippen LogP contribution in [0.5, 0.6) is 5.75 Å². The van der Waals surface area contributed by atoms with Crippen molar-refractivity contribution in [1.82, 2.24) is 15.0 Å². The first-order valence-corrected chi connectivity index (χ1v) is 9.23. The smallest absolute Gasteiger partial charge is 0.240 e. The van der Waals surface area contributed by atoms with E-state index in [-0.39, 0.29) is 12.4 Å². The molecule has 6 heteroatoms. The third kappa shape index (κ3) is 4.71. The molecular weight excluding hydrogens is 345 g/mol. The molecule has 1 aliphatic heterocycles. The average molecular weight is 367 g/mol. The zero-order valence-electron chi connectivity index (χ0n) is 15.1. The Morgan fingerprint density at radius 2 is 1.78 bits per heavy atom. The van der Waals surface area contributed by atoms with Gasteiger partial charge in [0.2, 0.25) is 11.7 Å². The fraction of sp³-hybridized carbons (Fsp3) is 0.333. The predicted octanol–water partition coefficient (Wildman–Crippen LogP) is 4.17. The van der Waals surface area contributed by atoms with Crippen LogP contribution in [0.15, 0.2) is 59.1 Å². The van der Waals surface area contributed by atoms with Crippen LogP contribution >= 0.6 is 0 Å². The fourth-order valence-electron chi connectivity index (χ4n) is 3.43. The summed E-state index contributed by atoms with van der Waals surface area (Å²) in [5.41, 5.74) is 1.43. The molecule has 2 heterocycles. The van der Waals surface area contributed by atoms with Gasteiger partial charge in [-0.15, -0.1) is 0 Å². The van der Waals surface area contributed by atoms with Crippen LogP contribution in [-0.4, -0.2) is 28.1 Å². The van der Waals surface area contributed by atoms with E-state index < -0.39 is 0 Å². The predicted molar refractivity (Wildman–Crippen MR) is 98.7 cm³/mol. The van der Waals surface area contributed by atoms with Gasteiger partial charge in [-0.05, 0) is 61.7 Å². The lowest BCUT2D eigenvalue weighted by Crippen LogP contribution is -2.32. The molecule has 0 atom stereocenters. The molecule has 3 aromatic rings. The van der Waals surface area contributed by atoms with E-state index in [1.807, 2.05) is 0 Å². The zero-order valence-corrected chi connectivity index (χ0v) is 15.1. The third-order valence-electron chi connectivity index (χ3n) is 4.91. The maximum atomic E-state index is 12.9. The lowest BCUT2D eigenvalue weighted by molar-refractivity contribution is 0.180. The molecule has 0 unspecified atom stereocenters. The van der Waals surface area contributed by atoms with Crippen molar-refractivity contribution in [3.8, 4) is 5.75 Å². The second-order valence-corrected chi connectivity index (χ2v) is 6.81. The summed E-state index contributed by atoms with van der Waals surface area (Å²) < 4.78 is 23.8. The molecule has 1 aliphatic rings. The van der Waals surface area contributed by atoms with Crippen molar-refractivity contribution >= 4 is 0 Å². The Kier molecular flexibility index (Phi) is 5.44. The third-order valence-corrected chi connectivity index (χ3v) is 4.91. The normalized spacial score (nSPS) is 15.7. The fourth-order valence-corrected chi connectivity index (χ4v) is 3.43. The summed E-state index contributed by atoms with van der Waals surface area (Å²) >= 11 is 0. The Balaban J connectivity index is 1.25. The van der Waals surface area contributed by atoms with Gasteiger partial charge < -0.3 is 9.26 Å². The van der Waals surface area contributed by atoms with Crippen LogP contribution in [0.3, 0.4) is 0 Å². The van der Waals surface area contributed by atoms with Crippen molar-refractivity contribution in [1.29, 1.82) is 0 Å². The van der Waals surface area contributed by atoms with Gasteiger partial charge in [-0.2, -0.15) is 4.98 Å². The summed E-state index contributed by atoms with van der Waals surface area (Å²) in [4.78, 5) is 6.74. The molecule has 1 fully saturated rings. The molecule has 140 valence electrons. The number of nitrogens with zero attached hydrogens (tertiary/aromatic N) is 3. The quantitative estimate of drug-likeness (QED) is 0.655. The molecule has 0 spiro atoms. The van der Waals surface area contributed by atoms with Crippen LogP contribution in [-0.2, 0) is 13.2 Å². The molecule has 1 aromatic heterocycles. The molecule has 0 bridgehead atoms. The number of halogens is 1. The van der Waals surface area contributed by atoms with Crippen LogP contribution in [0.1, 0.15) is 36.0 Å². The minimum absolute atomic E-state index is 0.200. The highest BCUT2D eigenvalue weighted by Crippen LogP contribution is 2.28. The van der Waals surface area contributed by atoms with E-state index in [1.165, 1.54) is 17.7 Å². The molecule has 0 radical (unpaired) electrons. The first kappa shape index (κ1) is 17.7. The molecule has 27 heavy (non-hydrogen) atoms. The molecular formula is C21H22FN3O2. The van der Waals surface area contributed by atoms with E-state index in [0.717, 1.165) is 25.9 Å².